The van der Waals surface area contributed by atoms with Crippen LogP contribution in [0.1, 0.15) is 24.8 Å². The molecule has 0 saturated heterocycles. The van der Waals surface area contributed by atoms with Crippen molar-refractivity contribution in [1.29, 1.82) is 0 Å². The van der Waals surface area contributed by atoms with Gasteiger partial charge in [0.15, 0.2) is 0 Å². The van der Waals surface area contributed by atoms with Crippen molar-refractivity contribution in [3.05, 3.63) is 42.0 Å². The van der Waals surface area contributed by atoms with Crippen LogP contribution in [0.15, 0.2) is 36.4 Å². The molecule has 1 saturated carbocycles. The Morgan fingerprint density at radius 1 is 1.11 bits per heavy atom. The summed E-state index contributed by atoms with van der Waals surface area (Å²) in [6, 6.07) is 12.7. The maximum Gasteiger partial charge on any atom is 0.123 e. The molecule has 2 heteroatoms. The predicted octanol–water partition coefficient (Wildman–Crippen LogP) is 4.91. The minimum absolute atomic E-state index is 0.777. The Kier molecular flexibility index (Phi) is 3.55. The SMILES string of the molecule is BrCc1c(OCC2CCC2)ccc2ccccc12. The zero-order chi connectivity index (χ0) is 12.4. The molecule has 1 nitrogen and oxygen atoms in total. The highest BCUT2D eigenvalue weighted by Crippen LogP contribution is 2.32. The quantitative estimate of drug-likeness (QED) is 0.729. The van der Waals surface area contributed by atoms with E-state index >= 15 is 0 Å². The van der Waals surface area contributed by atoms with Crippen LogP contribution in [0, 0.1) is 5.92 Å². The Labute approximate surface area is 116 Å². The van der Waals surface area contributed by atoms with E-state index in [1.807, 2.05) is 0 Å². The van der Waals surface area contributed by atoms with Crippen molar-refractivity contribution in [2.75, 3.05) is 6.61 Å². The van der Waals surface area contributed by atoms with E-state index in [2.05, 4.69) is 52.3 Å². The lowest BCUT2D eigenvalue weighted by molar-refractivity contribution is 0.180. The lowest BCUT2D eigenvalue weighted by Crippen LogP contribution is -2.19. The first-order chi connectivity index (χ1) is 8.88. The number of hydrogen-bond donors (Lipinski definition) is 0. The van der Waals surface area contributed by atoms with Crippen LogP contribution < -0.4 is 4.74 Å². The third-order valence-electron chi connectivity index (χ3n) is 3.83. The second-order valence-electron chi connectivity index (χ2n) is 5.00. The molecule has 0 aliphatic heterocycles. The number of benzene rings is 2. The molecule has 3 rings (SSSR count). The topological polar surface area (TPSA) is 9.23 Å². The molecule has 0 N–H and O–H groups in total. The monoisotopic (exact) mass is 304 g/mol. The molecule has 18 heavy (non-hydrogen) atoms. The fourth-order valence-corrected chi connectivity index (χ4v) is 3.03. The molecule has 0 amide bonds. The molecule has 1 fully saturated rings. The van der Waals surface area contributed by atoms with E-state index in [0.29, 0.717) is 0 Å². The van der Waals surface area contributed by atoms with Crippen molar-refractivity contribution < 1.29 is 4.74 Å². The standard InChI is InChI=1S/C16H17BrO/c17-10-15-14-7-2-1-6-13(14)8-9-16(15)18-11-12-4-3-5-12/h1-2,6-9,12H,3-5,10-11H2. The summed E-state index contributed by atoms with van der Waals surface area (Å²) in [5.74, 6) is 1.82. The fraction of sp³-hybridized carbons (Fsp3) is 0.375. The average molecular weight is 305 g/mol. The Morgan fingerprint density at radius 3 is 2.67 bits per heavy atom. The van der Waals surface area contributed by atoms with Gasteiger partial charge in [-0.2, -0.15) is 0 Å². The van der Waals surface area contributed by atoms with Crippen LogP contribution >= 0.6 is 15.9 Å². The highest BCUT2D eigenvalue weighted by Gasteiger charge is 2.18. The zero-order valence-electron chi connectivity index (χ0n) is 10.4. The number of alkyl halides is 1. The molecule has 0 heterocycles. The van der Waals surface area contributed by atoms with E-state index in [1.165, 1.54) is 35.6 Å². The van der Waals surface area contributed by atoms with Crippen molar-refractivity contribution in [2.45, 2.75) is 24.6 Å². The van der Waals surface area contributed by atoms with Crippen LogP contribution in [0.3, 0.4) is 0 Å². The van der Waals surface area contributed by atoms with Gasteiger partial charge < -0.3 is 4.74 Å². The molecule has 2 aromatic carbocycles. The van der Waals surface area contributed by atoms with Gasteiger partial charge in [-0.25, -0.2) is 0 Å². The van der Waals surface area contributed by atoms with Crippen LogP contribution in [0.5, 0.6) is 5.75 Å². The summed E-state index contributed by atoms with van der Waals surface area (Å²) in [4.78, 5) is 0. The molecular formula is C16H17BrO. The molecule has 1 aliphatic carbocycles. The third-order valence-corrected chi connectivity index (χ3v) is 4.39. The summed E-state index contributed by atoms with van der Waals surface area (Å²) >= 11 is 3.59. The highest BCUT2D eigenvalue weighted by molar-refractivity contribution is 9.08. The summed E-state index contributed by atoms with van der Waals surface area (Å²) in [6.07, 6.45) is 4.03. The van der Waals surface area contributed by atoms with Gasteiger partial charge in [-0.1, -0.05) is 52.7 Å². The highest BCUT2D eigenvalue weighted by atomic mass is 79.9. The number of hydrogen-bond acceptors (Lipinski definition) is 1. The van der Waals surface area contributed by atoms with Gasteiger partial charge in [-0.15, -0.1) is 0 Å². The van der Waals surface area contributed by atoms with Gasteiger partial charge in [0.1, 0.15) is 5.75 Å². The predicted molar refractivity (Wildman–Crippen MR) is 79.4 cm³/mol. The summed E-state index contributed by atoms with van der Waals surface area (Å²) in [7, 11) is 0. The van der Waals surface area contributed by atoms with Crippen LogP contribution in [-0.4, -0.2) is 6.61 Å². The second-order valence-corrected chi connectivity index (χ2v) is 5.57. The van der Waals surface area contributed by atoms with E-state index in [-0.39, 0.29) is 0 Å². The Hall–Kier alpha value is -1.02. The molecule has 0 bridgehead atoms. The van der Waals surface area contributed by atoms with Gasteiger partial charge in [-0.3, -0.25) is 0 Å². The maximum absolute atomic E-state index is 6.01. The normalized spacial score (nSPS) is 15.6. The van der Waals surface area contributed by atoms with E-state index in [9.17, 15) is 0 Å². The van der Waals surface area contributed by atoms with Crippen LogP contribution in [0.2, 0.25) is 0 Å². The largest absolute Gasteiger partial charge is 0.493 e. The minimum Gasteiger partial charge on any atom is -0.493 e. The van der Waals surface area contributed by atoms with Gasteiger partial charge in [0.25, 0.3) is 0 Å². The van der Waals surface area contributed by atoms with Gasteiger partial charge in [-0.05, 0) is 35.6 Å². The number of ether oxygens (including phenoxy) is 1. The molecule has 94 valence electrons. The molecule has 1 aliphatic rings. The summed E-state index contributed by atoms with van der Waals surface area (Å²) in [5, 5.41) is 3.41. The van der Waals surface area contributed by atoms with Crippen molar-refractivity contribution in [3.63, 3.8) is 0 Å². The number of halogens is 1. The fourth-order valence-electron chi connectivity index (χ4n) is 2.46. The minimum atomic E-state index is 0.777. The molecule has 2 aromatic rings. The first kappa shape index (κ1) is 12.0. The van der Waals surface area contributed by atoms with Crippen LogP contribution in [-0.2, 0) is 5.33 Å². The van der Waals surface area contributed by atoms with Crippen LogP contribution in [0.25, 0.3) is 10.8 Å². The molecule has 0 spiro atoms. The van der Waals surface area contributed by atoms with Gasteiger partial charge in [0, 0.05) is 10.9 Å². The Bertz CT molecular complexity index is 546. The van der Waals surface area contributed by atoms with E-state index in [1.54, 1.807) is 0 Å². The van der Waals surface area contributed by atoms with Crippen molar-refractivity contribution >= 4 is 26.7 Å². The molecule has 0 atom stereocenters. The number of fused-ring (bicyclic) bond motifs is 1. The molecule has 0 radical (unpaired) electrons. The molecule has 0 unspecified atom stereocenters. The molecular weight excluding hydrogens is 288 g/mol. The lowest BCUT2D eigenvalue weighted by Gasteiger charge is -2.25. The van der Waals surface area contributed by atoms with E-state index in [0.717, 1.165) is 23.6 Å². The Morgan fingerprint density at radius 2 is 1.94 bits per heavy atom. The van der Waals surface area contributed by atoms with Gasteiger partial charge >= 0.3 is 0 Å². The van der Waals surface area contributed by atoms with Crippen LogP contribution in [0.4, 0.5) is 0 Å². The molecule has 0 aromatic heterocycles. The number of rotatable bonds is 4. The summed E-state index contributed by atoms with van der Waals surface area (Å²) in [5.41, 5.74) is 1.27. The summed E-state index contributed by atoms with van der Waals surface area (Å²) in [6.45, 7) is 0.873. The average Bonchev–Trinajstić information content (AvgIpc) is 2.36. The van der Waals surface area contributed by atoms with Gasteiger partial charge in [0.2, 0.25) is 0 Å². The summed E-state index contributed by atoms with van der Waals surface area (Å²) < 4.78 is 6.01. The van der Waals surface area contributed by atoms with E-state index in [4.69, 9.17) is 4.74 Å². The zero-order valence-corrected chi connectivity index (χ0v) is 11.9. The van der Waals surface area contributed by atoms with E-state index < -0.39 is 0 Å². The second kappa shape index (κ2) is 5.31. The van der Waals surface area contributed by atoms with Gasteiger partial charge in [0.05, 0.1) is 6.61 Å². The van der Waals surface area contributed by atoms with Crippen molar-refractivity contribution in [3.8, 4) is 5.75 Å². The maximum atomic E-state index is 6.01. The third kappa shape index (κ3) is 2.26. The first-order valence-electron chi connectivity index (χ1n) is 6.58. The smallest absolute Gasteiger partial charge is 0.123 e. The van der Waals surface area contributed by atoms with Crippen molar-refractivity contribution in [2.24, 2.45) is 5.92 Å². The van der Waals surface area contributed by atoms with Crippen molar-refractivity contribution in [1.82, 2.24) is 0 Å². The first-order valence-corrected chi connectivity index (χ1v) is 7.70. The Balaban J connectivity index is 1.90. The lowest BCUT2D eigenvalue weighted by atomic mass is 9.86.